The molecule has 0 heterocycles. The Morgan fingerprint density at radius 2 is 2.17 bits per heavy atom. The van der Waals surface area contributed by atoms with E-state index in [1.54, 1.807) is 0 Å². The van der Waals surface area contributed by atoms with Crippen LogP contribution >= 0.6 is 0 Å². The molecule has 0 radical (unpaired) electrons. The summed E-state index contributed by atoms with van der Waals surface area (Å²) in [4.78, 5) is 11.6. The molecule has 1 aromatic rings. The number of esters is 1. The molecular formula is C15H21NO2. The van der Waals surface area contributed by atoms with E-state index in [4.69, 9.17) is 4.74 Å². The number of hydrogen-bond acceptors (Lipinski definition) is 3. The van der Waals surface area contributed by atoms with Crippen LogP contribution in [0.4, 0.5) is 0 Å². The van der Waals surface area contributed by atoms with Gasteiger partial charge in [-0.15, -0.1) is 0 Å². The number of hydrogen-bond donors (Lipinski definition) is 1. The summed E-state index contributed by atoms with van der Waals surface area (Å²) < 4.78 is 5.03. The molecule has 1 unspecified atom stereocenters. The Kier molecular flexibility index (Phi) is 4.37. The molecule has 98 valence electrons. The highest BCUT2D eigenvalue weighted by molar-refractivity contribution is 5.70. The van der Waals surface area contributed by atoms with Crippen molar-refractivity contribution < 1.29 is 9.53 Å². The number of ether oxygens (including phenoxy) is 1. The average molecular weight is 247 g/mol. The molecular weight excluding hydrogens is 226 g/mol. The lowest BCUT2D eigenvalue weighted by atomic mass is 9.95. The van der Waals surface area contributed by atoms with Gasteiger partial charge in [-0.1, -0.05) is 24.3 Å². The van der Waals surface area contributed by atoms with Crippen LogP contribution in [0.15, 0.2) is 24.3 Å². The number of carbonyl (C=O) groups excluding carboxylic acids is 1. The van der Waals surface area contributed by atoms with E-state index in [9.17, 15) is 4.79 Å². The van der Waals surface area contributed by atoms with Gasteiger partial charge < -0.3 is 10.1 Å². The Labute approximate surface area is 109 Å². The van der Waals surface area contributed by atoms with E-state index in [0.29, 0.717) is 18.9 Å². The Morgan fingerprint density at radius 3 is 2.78 bits per heavy atom. The molecule has 2 rings (SSSR count). The lowest BCUT2D eigenvalue weighted by molar-refractivity contribution is -0.143. The summed E-state index contributed by atoms with van der Waals surface area (Å²) in [6.45, 7) is 2.28. The average Bonchev–Trinajstić information content (AvgIpc) is 3.20. The molecule has 1 atom stereocenters. The van der Waals surface area contributed by atoms with E-state index in [2.05, 4.69) is 23.5 Å². The quantitative estimate of drug-likeness (QED) is 0.786. The van der Waals surface area contributed by atoms with Gasteiger partial charge in [-0.3, -0.25) is 4.79 Å². The van der Waals surface area contributed by atoms with Gasteiger partial charge in [-0.2, -0.15) is 0 Å². The third kappa shape index (κ3) is 3.10. The van der Waals surface area contributed by atoms with Crippen molar-refractivity contribution in [2.24, 2.45) is 0 Å². The summed E-state index contributed by atoms with van der Waals surface area (Å²) in [5.41, 5.74) is 2.64. The topological polar surface area (TPSA) is 38.3 Å². The highest BCUT2D eigenvalue weighted by Crippen LogP contribution is 2.43. The number of benzene rings is 1. The minimum atomic E-state index is -0.137. The summed E-state index contributed by atoms with van der Waals surface area (Å²) in [6.07, 6.45) is 2.94. The summed E-state index contributed by atoms with van der Waals surface area (Å²) in [5, 5.41) is 3.23. The second-order valence-electron chi connectivity index (χ2n) is 4.75. The first-order valence-corrected chi connectivity index (χ1v) is 6.68. The summed E-state index contributed by atoms with van der Waals surface area (Å²) in [5.74, 6) is 0.557. The highest BCUT2D eigenvalue weighted by Gasteiger charge is 2.28. The molecule has 1 fully saturated rings. The largest absolute Gasteiger partial charge is 0.466 e. The van der Waals surface area contributed by atoms with Crippen molar-refractivity contribution in [3.63, 3.8) is 0 Å². The van der Waals surface area contributed by atoms with Gasteiger partial charge >= 0.3 is 5.97 Å². The molecule has 3 nitrogen and oxygen atoms in total. The minimum Gasteiger partial charge on any atom is -0.466 e. The highest BCUT2D eigenvalue weighted by atomic mass is 16.5. The Hall–Kier alpha value is -1.35. The van der Waals surface area contributed by atoms with Crippen LogP contribution in [0.25, 0.3) is 0 Å². The molecule has 0 aromatic heterocycles. The number of nitrogens with one attached hydrogen (secondary N) is 1. The zero-order valence-electron chi connectivity index (χ0n) is 11.1. The predicted molar refractivity (Wildman–Crippen MR) is 71.5 cm³/mol. The molecule has 1 saturated carbocycles. The zero-order chi connectivity index (χ0) is 13.0. The van der Waals surface area contributed by atoms with Gasteiger partial charge in [0.1, 0.15) is 0 Å². The van der Waals surface area contributed by atoms with E-state index < -0.39 is 0 Å². The fourth-order valence-corrected chi connectivity index (χ4v) is 2.35. The lowest BCUT2D eigenvalue weighted by Gasteiger charge is -2.19. The standard InChI is InChI=1S/C15H21NO2/c1-3-18-15(17)10-14(16-2)13-7-5-4-6-12(13)11-8-9-11/h4-7,11,14,16H,3,8-10H2,1-2H3. The zero-order valence-corrected chi connectivity index (χ0v) is 11.1. The van der Waals surface area contributed by atoms with Gasteiger partial charge in [-0.25, -0.2) is 0 Å². The van der Waals surface area contributed by atoms with E-state index >= 15 is 0 Å². The molecule has 0 spiro atoms. The van der Waals surface area contributed by atoms with Crippen molar-refractivity contribution in [2.45, 2.75) is 38.1 Å². The third-order valence-corrected chi connectivity index (χ3v) is 3.41. The maximum atomic E-state index is 11.6. The molecule has 1 aromatic carbocycles. The monoisotopic (exact) mass is 247 g/mol. The first kappa shape index (κ1) is 13.1. The molecule has 3 heteroatoms. The molecule has 0 amide bonds. The van der Waals surface area contributed by atoms with Crippen LogP contribution in [-0.4, -0.2) is 19.6 Å². The maximum absolute atomic E-state index is 11.6. The smallest absolute Gasteiger partial charge is 0.307 e. The van der Waals surface area contributed by atoms with Gasteiger partial charge in [0.15, 0.2) is 0 Å². The molecule has 1 aliphatic rings. The van der Waals surface area contributed by atoms with Crippen LogP contribution in [-0.2, 0) is 9.53 Å². The van der Waals surface area contributed by atoms with E-state index in [1.165, 1.54) is 24.0 Å². The second-order valence-corrected chi connectivity index (χ2v) is 4.75. The van der Waals surface area contributed by atoms with Gasteiger partial charge in [0.25, 0.3) is 0 Å². The molecule has 18 heavy (non-hydrogen) atoms. The molecule has 0 saturated heterocycles. The second kappa shape index (κ2) is 6.01. The maximum Gasteiger partial charge on any atom is 0.307 e. The summed E-state index contributed by atoms with van der Waals surface area (Å²) in [7, 11) is 1.90. The lowest BCUT2D eigenvalue weighted by Crippen LogP contribution is -2.22. The van der Waals surface area contributed by atoms with Crippen LogP contribution in [0.1, 0.15) is 49.3 Å². The summed E-state index contributed by atoms with van der Waals surface area (Å²) >= 11 is 0. The number of carbonyl (C=O) groups is 1. The SMILES string of the molecule is CCOC(=O)CC(NC)c1ccccc1C1CC1. The van der Waals surface area contributed by atoms with E-state index in [-0.39, 0.29) is 12.0 Å². The Morgan fingerprint density at radius 1 is 1.44 bits per heavy atom. The van der Waals surface area contributed by atoms with Crippen molar-refractivity contribution in [3.05, 3.63) is 35.4 Å². The van der Waals surface area contributed by atoms with Crippen molar-refractivity contribution in [3.8, 4) is 0 Å². The van der Waals surface area contributed by atoms with Gasteiger partial charge in [-0.05, 0) is 43.9 Å². The van der Waals surface area contributed by atoms with Crippen molar-refractivity contribution in [1.82, 2.24) is 5.32 Å². The fourth-order valence-electron chi connectivity index (χ4n) is 2.35. The van der Waals surface area contributed by atoms with Crippen LogP contribution in [0.3, 0.4) is 0 Å². The van der Waals surface area contributed by atoms with Crippen molar-refractivity contribution in [1.29, 1.82) is 0 Å². The van der Waals surface area contributed by atoms with Crippen LogP contribution < -0.4 is 5.32 Å². The van der Waals surface area contributed by atoms with Crippen molar-refractivity contribution >= 4 is 5.97 Å². The fraction of sp³-hybridized carbons (Fsp3) is 0.533. The van der Waals surface area contributed by atoms with Gasteiger partial charge in [0.2, 0.25) is 0 Å². The molecule has 1 aliphatic carbocycles. The Bertz CT molecular complexity index is 413. The third-order valence-electron chi connectivity index (χ3n) is 3.41. The number of rotatable bonds is 6. The van der Waals surface area contributed by atoms with Crippen LogP contribution in [0, 0.1) is 0 Å². The first-order chi connectivity index (χ1) is 8.76. The molecule has 0 aliphatic heterocycles. The minimum absolute atomic E-state index is 0.0563. The van der Waals surface area contributed by atoms with Crippen molar-refractivity contribution in [2.75, 3.05) is 13.7 Å². The Balaban J connectivity index is 2.13. The first-order valence-electron chi connectivity index (χ1n) is 6.68. The van der Waals surface area contributed by atoms with Gasteiger partial charge in [0, 0.05) is 6.04 Å². The molecule has 0 bridgehead atoms. The normalized spacial score (nSPS) is 16.3. The molecule has 1 N–H and O–H groups in total. The van der Waals surface area contributed by atoms with E-state index in [0.717, 1.165) is 0 Å². The van der Waals surface area contributed by atoms with E-state index in [1.807, 2.05) is 20.0 Å². The van der Waals surface area contributed by atoms with Crippen LogP contribution in [0.2, 0.25) is 0 Å². The summed E-state index contributed by atoms with van der Waals surface area (Å²) in [6, 6.07) is 8.47. The predicted octanol–water partition coefficient (Wildman–Crippen LogP) is 2.78. The van der Waals surface area contributed by atoms with Crippen LogP contribution in [0.5, 0.6) is 0 Å². The van der Waals surface area contributed by atoms with Gasteiger partial charge in [0.05, 0.1) is 13.0 Å².